The summed E-state index contributed by atoms with van der Waals surface area (Å²) in [5.41, 5.74) is 0.486. The first kappa shape index (κ1) is 16.6. The molecule has 0 amide bonds. The largest absolute Gasteiger partial charge is 0.468 e. The number of aromatic nitrogens is 3. The Labute approximate surface area is 142 Å². The highest BCUT2D eigenvalue weighted by Gasteiger charge is 2.39. The number of imidazole rings is 1. The second-order valence-electron chi connectivity index (χ2n) is 6.34. The highest BCUT2D eigenvalue weighted by atomic mass is 16.5. The number of ether oxygens (including phenoxy) is 1. The second-order valence-corrected chi connectivity index (χ2v) is 6.34. The molecule has 6 nitrogen and oxygen atoms in total. The van der Waals surface area contributed by atoms with Crippen molar-refractivity contribution in [1.29, 1.82) is 0 Å². The molecule has 0 aromatic carbocycles. The zero-order chi connectivity index (χ0) is 16.8. The van der Waals surface area contributed by atoms with Crippen molar-refractivity contribution in [3.05, 3.63) is 42.6 Å². The predicted octanol–water partition coefficient (Wildman–Crippen LogP) is 2.62. The van der Waals surface area contributed by atoms with E-state index in [4.69, 9.17) is 4.74 Å². The van der Waals surface area contributed by atoms with Gasteiger partial charge in [-0.25, -0.2) is 9.97 Å². The lowest BCUT2D eigenvalue weighted by atomic mass is 9.90. The number of carbonyl (C=O) groups is 1. The van der Waals surface area contributed by atoms with Crippen LogP contribution in [0, 0.1) is 0 Å². The first-order valence-electron chi connectivity index (χ1n) is 8.50. The molecule has 1 aliphatic rings. The number of nitrogens with zero attached hydrogens (tertiary/aromatic N) is 3. The Balaban J connectivity index is 1.69. The normalized spacial score (nSPS) is 17.2. The van der Waals surface area contributed by atoms with E-state index >= 15 is 0 Å². The van der Waals surface area contributed by atoms with E-state index in [9.17, 15) is 4.79 Å². The minimum Gasteiger partial charge on any atom is -0.468 e. The molecule has 128 valence electrons. The second kappa shape index (κ2) is 7.57. The number of methoxy groups -OCH3 is 1. The van der Waals surface area contributed by atoms with Crippen molar-refractivity contribution in [3.8, 4) is 5.82 Å². The van der Waals surface area contributed by atoms with Gasteiger partial charge in [-0.2, -0.15) is 0 Å². The van der Waals surface area contributed by atoms with E-state index < -0.39 is 5.54 Å². The lowest BCUT2D eigenvalue weighted by Gasteiger charge is -2.31. The Hall–Kier alpha value is -2.21. The quantitative estimate of drug-likeness (QED) is 0.675. The molecule has 1 fully saturated rings. The maximum Gasteiger partial charge on any atom is 0.326 e. The van der Waals surface area contributed by atoms with Gasteiger partial charge in [-0.3, -0.25) is 14.7 Å². The van der Waals surface area contributed by atoms with Crippen LogP contribution in [0.25, 0.3) is 5.82 Å². The number of rotatable bonds is 5. The Morgan fingerprint density at radius 2 is 2.08 bits per heavy atom. The maximum atomic E-state index is 12.4. The van der Waals surface area contributed by atoms with Crippen LogP contribution in [0.3, 0.4) is 0 Å². The van der Waals surface area contributed by atoms with Crippen LogP contribution >= 0.6 is 0 Å². The van der Waals surface area contributed by atoms with E-state index in [1.165, 1.54) is 20.0 Å². The van der Waals surface area contributed by atoms with E-state index in [0.29, 0.717) is 6.54 Å². The molecule has 6 heteroatoms. The van der Waals surface area contributed by atoms with Crippen LogP contribution < -0.4 is 5.32 Å². The summed E-state index contributed by atoms with van der Waals surface area (Å²) in [6, 6.07) is 3.98. The molecule has 0 aliphatic heterocycles. The topological polar surface area (TPSA) is 69.0 Å². The fourth-order valence-corrected chi connectivity index (χ4v) is 3.32. The molecule has 24 heavy (non-hydrogen) atoms. The SMILES string of the molecule is COC(=O)C1(NCc2ccc(-n3ccnc3)nc2)CCCCCC1. The number of nitrogens with one attached hydrogen (secondary N) is 1. The molecular weight excluding hydrogens is 304 g/mol. The lowest BCUT2D eigenvalue weighted by molar-refractivity contribution is -0.149. The van der Waals surface area contributed by atoms with Gasteiger partial charge in [0, 0.05) is 25.1 Å². The first-order valence-corrected chi connectivity index (χ1v) is 8.50. The maximum absolute atomic E-state index is 12.4. The zero-order valence-electron chi connectivity index (χ0n) is 14.1. The average molecular weight is 328 g/mol. The van der Waals surface area contributed by atoms with Gasteiger partial charge >= 0.3 is 5.97 Å². The molecule has 0 atom stereocenters. The number of hydrogen-bond acceptors (Lipinski definition) is 5. The standard InChI is InChI=1S/C18H24N4O2/c1-24-17(23)18(8-4-2-3-5-9-18)21-13-15-6-7-16(20-12-15)22-11-10-19-14-22/h6-7,10-12,14,21H,2-5,8-9,13H2,1H3. The van der Waals surface area contributed by atoms with Gasteiger partial charge in [-0.05, 0) is 24.5 Å². The Morgan fingerprint density at radius 3 is 2.67 bits per heavy atom. The molecular formula is C18H24N4O2. The number of carbonyl (C=O) groups excluding carboxylic acids is 1. The van der Waals surface area contributed by atoms with Gasteiger partial charge in [-0.15, -0.1) is 0 Å². The van der Waals surface area contributed by atoms with Crippen molar-refractivity contribution in [2.45, 2.75) is 50.6 Å². The third kappa shape index (κ3) is 3.64. The van der Waals surface area contributed by atoms with Crippen molar-refractivity contribution in [2.75, 3.05) is 7.11 Å². The van der Waals surface area contributed by atoms with E-state index in [0.717, 1.165) is 37.1 Å². The molecule has 0 spiro atoms. The Kier molecular flexibility index (Phi) is 5.25. The lowest BCUT2D eigenvalue weighted by Crippen LogP contribution is -2.52. The van der Waals surface area contributed by atoms with Crippen LogP contribution in [0.15, 0.2) is 37.1 Å². The highest BCUT2D eigenvalue weighted by molar-refractivity contribution is 5.80. The van der Waals surface area contributed by atoms with Gasteiger partial charge in [0.1, 0.15) is 17.7 Å². The molecule has 0 unspecified atom stereocenters. The average Bonchev–Trinajstić information content (AvgIpc) is 3.06. The van der Waals surface area contributed by atoms with Crippen LogP contribution in [0.1, 0.15) is 44.1 Å². The van der Waals surface area contributed by atoms with Crippen LogP contribution in [0.2, 0.25) is 0 Å². The molecule has 0 radical (unpaired) electrons. The summed E-state index contributed by atoms with van der Waals surface area (Å²) in [7, 11) is 1.47. The van der Waals surface area contributed by atoms with Crippen LogP contribution in [0.4, 0.5) is 0 Å². The van der Waals surface area contributed by atoms with Crippen molar-refractivity contribution in [2.24, 2.45) is 0 Å². The van der Waals surface area contributed by atoms with Crippen molar-refractivity contribution in [3.63, 3.8) is 0 Å². The van der Waals surface area contributed by atoms with E-state index in [1.807, 2.05) is 29.1 Å². The highest BCUT2D eigenvalue weighted by Crippen LogP contribution is 2.28. The summed E-state index contributed by atoms with van der Waals surface area (Å²) in [5.74, 6) is 0.681. The molecule has 1 saturated carbocycles. The predicted molar refractivity (Wildman–Crippen MR) is 90.6 cm³/mol. The van der Waals surface area contributed by atoms with Gasteiger partial charge in [0.2, 0.25) is 0 Å². The van der Waals surface area contributed by atoms with Crippen LogP contribution in [0.5, 0.6) is 0 Å². The smallest absolute Gasteiger partial charge is 0.326 e. The minimum absolute atomic E-state index is 0.146. The minimum atomic E-state index is -0.561. The molecule has 1 aliphatic carbocycles. The summed E-state index contributed by atoms with van der Waals surface area (Å²) in [4.78, 5) is 20.8. The molecule has 2 aromatic heterocycles. The van der Waals surface area contributed by atoms with Crippen molar-refractivity contribution >= 4 is 5.97 Å². The Bertz CT molecular complexity index is 644. The summed E-state index contributed by atoms with van der Waals surface area (Å²) in [6.07, 6.45) is 13.3. The number of pyridine rings is 1. The summed E-state index contributed by atoms with van der Waals surface area (Å²) >= 11 is 0. The summed E-state index contributed by atoms with van der Waals surface area (Å²) in [6.45, 7) is 0.603. The third-order valence-corrected chi connectivity index (χ3v) is 4.74. The van der Waals surface area contributed by atoms with Crippen LogP contribution in [-0.2, 0) is 16.1 Å². The van der Waals surface area contributed by atoms with Gasteiger partial charge in [0.05, 0.1) is 7.11 Å². The molecule has 0 saturated heterocycles. The van der Waals surface area contributed by atoms with Crippen molar-refractivity contribution < 1.29 is 9.53 Å². The number of esters is 1. The van der Waals surface area contributed by atoms with Gasteiger partial charge in [0.15, 0.2) is 0 Å². The third-order valence-electron chi connectivity index (χ3n) is 4.74. The Morgan fingerprint density at radius 1 is 1.29 bits per heavy atom. The first-order chi connectivity index (χ1) is 11.7. The molecule has 0 bridgehead atoms. The molecule has 3 rings (SSSR count). The molecule has 1 N–H and O–H groups in total. The van der Waals surface area contributed by atoms with Gasteiger partial charge in [-0.1, -0.05) is 31.7 Å². The number of hydrogen-bond donors (Lipinski definition) is 1. The van der Waals surface area contributed by atoms with E-state index in [1.54, 1.807) is 12.5 Å². The van der Waals surface area contributed by atoms with E-state index in [2.05, 4.69) is 15.3 Å². The monoisotopic (exact) mass is 328 g/mol. The fourth-order valence-electron chi connectivity index (χ4n) is 3.32. The zero-order valence-corrected chi connectivity index (χ0v) is 14.1. The van der Waals surface area contributed by atoms with Gasteiger partial charge < -0.3 is 4.74 Å². The molecule has 2 aromatic rings. The van der Waals surface area contributed by atoms with Crippen LogP contribution in [-0.4, -0.2) is 33.2 Å². The molecule has 2 heterocycles. The fraction of sp³-hybridized carbons (Fsp3) is 0.500. The van der Waals surface area contributed by atoms with E-state index in [-0.39, 0.29) is 5.97 Å². The van der Waals surface area contributed by atoms with Crippen molar-refractivity contribution in [1.82, 2.24) is 19.9 Å². The summed E-state index contributed by atoms with van der Waals surface area (Å²) in [5, 5.41) is 3.46. The van der Waals surface area contributed by atoms with Gasteiger partial charge in [0.25, 0.3) is 0 Å². The summed E-state index contributed by atoms with van der Waals surface area (Å²) < 4.78 is 6.94.